The fourth-order valence-electron chi connectivity index (χ4n) is 3.18. The Balaban J connectivity index is 1.63. The highest BCUT2D eigenvalue weighted by Gasteiger charge is 2.33. The largest absolute Gasteiger partial charge is 0.495 e. The summed E-state index contributed by atoms with van der Waals surface area (Å²) in [5.74, 6) is 0.342. The van der Waals surface area contributed by atoms with Crippen LogP contribution in [0.15, 0.2) is 48.7 Å². The van der Waals surface area contributed by atoms with Gasteiger partial charge in [-0.3, -0.25) is 9.59 Å². The minimum atomic E-state index is -0.791. The molecular formula is C20H16Cl2N4O3. The number of nitrogens with zero attached hydrogens (tertiary/aromatic N) is 2. The average Bonchev–Trinajstić information content (AvgIpc) is 3.11. The lowest BCUT2D eigenvalue weighted by molar-refractivity contribution is -0.125. The number of hydrogen-bond acceptors (Lipinski definition) is 4. The third-order valence-corrected chi connectivity index (χ3v) is 5.15. The van der Waals surface area contributed by atoms with Crippen molar-refractivity contribution in [3.63, 3.8) is 0 Å². The first kappa shape index (κ1) is 19.3. The second kappa shape index (κ2) is 7.77. The van der Waals surface area contributed by atoms with Crippen molar-refractivity contribution in [3.8, 4) is 16.9 Å². The lowest BCUT2D eigenvalue weighted by atomic mass is 10.1. The topological polar surface area (TPSA) is 85.2 Å². The van der Waals surface area contributed by atoms with Gasteiger partial charge in [-0.05, 0) is 35.9 Å². The van der Waals surface area contributed by atoms with Crippen molar-refractivity contribution in [1.82, 2.24) is 9.78 Å². The molecule has 0 saturated heterocycles. The number of carbonyl (C=O) groups is 2. The summed E-state index contributed by atoms with van der Waals surface area (Å²) in [5, 5.41) is 10.9. The molecule has 148 valence electrons. The van der Waals surface area contributed by atoms with Gasteiger partial charge in [0, 0.05) is 16.3 Å². The van der Waals surface area contributed by atoms with E-state index >= 15 is 0 Å². The molecule has 1 aromatic heterocycles. The zero-order chi connectivity index (χ0) is 20.5. The number of ether oxygens (including phenoxy) is 1. The number of anilines is 2. The second-order valence-corrected chi connectivity index (χ2v) is 7.31. The predicted molar refractivity (Wildman–Crippen MR) is 112 cm³/mol. The van der Waals surface area contributed by atoms with Gasteiger partial charge in [0.2, 0.25) is 11.8 Å². The molecule has 0 radical (unpaired) electrons. The maximum atomic E-state index is 12.9. The minimum absolute atomic E-state index is 0.0234. The Morgan fingerprint density at radius 3 is 2.69 bits per heavy atom. The average molecular weight is 431 g/mol. The number of methoxy groups -OCH3 is 1. The zero-order valence-electron chi connectivity index (χ0n) is 15.3. The Morgan fingerprint density at radius 1 is 1.24 bits per heavy atom. The van der Waals surface area contributed by atoms with E-state index in [2.05, 4.69) is 15.7 Å². The van der Waals surface area contributed by atoms with Crippen LogP contribution in [0.2, 0.25) is 10.0 Å². The first-order valence-electron chi connectivity index (χ1n) is 8.74. The van der Waals surface area contributed by atoms with Crippen molar-refractivity contribution in [3.05, 3.63) is 58.7 Å². The zero-order valence-corrected chi connectivity index (χ0v) is 16.8. The molecule has 0 aliphatic carbocycles. The SMILES string of the molecule is COc1ccc(NC(=O)C2CC(=O)Nc3c(-c4ccc(Cl)cc4)cnn32)cc1Cl. The monoisotopic (exact) mass is 430 g/mol. The molecule has 2 N–H and O–H groups in total. The summed E-state index contributed by atoms with van der Waals surface area (Å²) < 4.78 is 6.63. The van der Waals surface area contributed by atoms with E-state index in [0.717, 1.165) is 5.56 Å². The predicted octanol–water partition coefficient (Wildman–Crippen LogP) is 4.39. The number of fused-ring (bicyclic) bond motifs is 1. The molecule has 2 amide bonds. The third-order valence-electron chi connectivity index (χ3n) is 4.60. The van der Waals surface area contributed by atoms with Gasteiger partial charge in [0.15, 0.2) is 0 Å². The molecule has 9 heteroatoms. The molecule has 0 fully saturated rings. The number of amides is 2. The molecule has 2 aromatic carbocycles. The number of rotatable bonds is 4. The van der Waals surface area contributed by atoms with Crippen LogP contribution < -0.4 is 15.4 Å². The van der Waals surface area contributed by atoms with Gasteiger partial charge in [-0.1, -0.05) is 35.3 Å². The Labute approximate surface area is 176 Å². The summed E-state index contributed by atoms with van der Waals surface area (Å²) in [4.78, 5) is 25.2. The molecule has 0 bridgehead atoms. The third kappa shape index (κ3) is 3.79. The Bertz CT molecular complexity index is 1100. The first-order chi connectivity index (χ1) is 14.0. The maximum absolute atomic E-state index is 12.9. The number of hydrogen-bond donors (Lipinski definition) is 2. The molecule has 0 spiro atoms. The lowest BCUT2D eigenvalue weighted by Crippen LogP contribution is -2.35. The van der Waals surface area contributed by atoms with Crippen LogP contribution in [-0.2, 0) is 9.59 Å². The highest BCUT2D eigenvalue weighted by Crippen LogP contribution is 2.35. The van der Waals surface area contributed by atoms with Crippen LogP contribution in [0.1, 0.15) is 12.5 Å². The van der Waals surface area contributed by atoms with Crippen LogP contribution in [0.25, 0.3) is 11.1 Å². The number of nitrogens with one attached hydrogen (secondary N) is 2. The first-order valence-corrected chi connectivity index (χ1v) is 9.49. The van der Waals surface area contributed by atoms with Crippen LogP contribution in [0, 0.1) is 0 Å². The molecule has 0 saturated carbocycles. The van der Waals surface area contributed by atoms with E-state index < -0.39 is 6.04 Å². The molecule has 1 aliphatic heterocycles. The molecule has 4 rings (SSSR count). The quantitative estimate of drug-likeness (QED) is 0.642. The van der Waals surface area contributed by atoms with Crippen LogP contribution in [0.5, 0.6) is 5.75 Å². The second-order valence-electron chi connectivity index (χ2n) is 6.46. The number of benzene rings is 2. The molecule has 1 atom stereocenters. The smallest absolute Gasteiger partial charge is 0.249 e. The summed E-state index contributed by atoms with van der Waals surface area (Å²) in [5.41, 5.74) is 2.04. The van der Waals surface area contributed by atoms with E-state index in [9.17, 15) is 9.59 Å². The fraction of sp³-hybridized carbons (Fsp3) is 0.150. The van der Waals surface area contributed by atoms with E-state index in [0.29, 0.717) is 32.9 Å². The van der Waals surface area contributed by atoms with Gasteiger partial charge in [0.25, 0.3) is 0 Å². The lowest BCUT2D eigenvalue weighted by Gasteiger charge is -2.24. The van der Waals surface area contributed by atoms with Gasteiger partial charge in [-0.2, -0.15) is 5.10 Å². The molecule has 29 heavy (non-hydrogen) atoms. The van der Waals surface area contributed by atoms with E-state index in [1.165, 1.54) is 11.8 Å². The summed E-state index contributed by atoms with van der Waals surface area (Å²) in [6.45, 7) is 0. The molecule has 3 aromatic rings. The minimum Gasteiger partial charge on any atom is -0.495 e. The number of carbonyl (C=O) groups excluding carboxylic acids is 2. The van der Waals surface area contributed by atoms with Crippen LogP contribution in [0.3, 0.4) is 0 Å². The van der Waals surface area contributed by atoms with Gasteiger partial charge in [-0.25, -0.2) is 4.68 Å². The summed E-state index contributed by atoms with van der Waals surface area (Å²) in [7, 11) is 1.51. The molecule has 1 unspecified atom stereocenters. The van der Waals surface area contributed by atoms with Crippen molar-refractivity contribution in [2.24, 2.45) is 0 Å². The standard InChI is InChI=1S/C20H16Cl2N4O3/c1-29-17-7-6-13(8-15(17)22)24-20(28)16-9-18(27)25-19-14(10-23-26(16)19)11-2-4-12(21)5-3-11/h2-8,10,16H,9H2,1H3,(H,24,28)(H,25,27). The van der Waals surface area contributed by atoms with Gasteiger partial charge in [0.1, 0.15) is 17.6 Å². The summed E-state index contributed by atoms with van der Waals surface area (Å²) in [6, 6.07) is 11.3. The summed E-state index contributed by atoms with van der Waals surface area (Å²) >= 11 is 12.1. The van der Waals surface area contributed by atoms with E-state index in [1.54, 1.807) is 36.5 Å². The van der Waals surface area contributed by atoms with E-state index in [1.807, 2.05) is 12.1 Å². The normalized spacial score (nSPS) is 15.4. The summed E-state index contributed by atoms with van der Waals surface area (Å²) in [6.07, 6.45) is 1.60. The van der Waals surface area contributed by atoms with Crippen LogP contribution in [0.4, 0.5) is 11.5 Å². The fourth-order valence-corrected chi connectivity index (χ4v) is 3.57. The van der Waals surface area contributed by atoms with Gasteiger partial charge in [0.05, 0.1) is 24.8 Å². The van der Waals surface area contributed by atoms with Crippen LogP contribution >= 0.6 is 23.2 Å². The van der Waals surface area contributed by atoms with Gasteiger partial charge >= 0.3 is 0 Å². The van der Waals surface area contributed by atoms with Crippen molar-refractivity contribution in [2.75, 3.05) is 17.7 Å². The Morgan fingerprint density at radius 2 is 2.00 bits per heavy atom. The highest BCUT2D eigenvalue weighted by atomic mass is 35.5. The number of aromatic nitrogens is 2. The molecule has 2 heterocycles. The Hall–Kier alpha value is -3.03. The van der Waals surface area contributed by atoms with Crippen molar-refractivity contribution in [1.29, 1.82) is 0 Å². The molecule has 7 nitrogen and oxygen atoms in total. The van der Waals surface area contributed by atoms with Gasteiger partial charge in [-0.15, -0.1) is 0 Å². The maximum Gasteiger partial charge on any atom is 0.249 e. The van der Waals surface area contributed by atoms with E-state index in [4.69, 9.17) is 27.9 Å². The molecular weight excluding hydrogens is 415 g/mol. The van der Waals surface area contributed by atoms with Crippen molar-refractivity contribution >= 4 is 46.5 Å². The van der Waals surface area contributed by atoms with Crippen LogP contribution in [-0.4, -0.2) is 28.7 Å². The van der Waals surface area contributed by atoms with Gasteiger partial charge < -0.3 is 15.4 Å². The molecule has 1 aliphatic rings. The Kier molecular flexibility index (Phi) is 5.17. The number of halogens is 2. The van der Waals surface area contributed by atoms with E-state index in [-0.39, 0.29) is 18.2 Å². The van der Waals surface area contributed by atoms with Crippen molar-refractivity contribution < 1.29 is 14.3 Å². The van der Waals surface area contributed by atoms with Crippen molar-refractivity contribution in [2.45, 2.75) is 12.5 Å². The highest BCUT2D eigenvalue weighted by molar-refractivity contribution is 6.32.